The van der Waals surface area contributed by atoms with Crippen LogP contribution in [0.25, 0.3) is 10.8 Å². The van der Waals surface area contributed by atoms with Crippen LogP contribution in [0.15, 0.2) is 54.9 Å². The van der Waals surface area contributed by atoms with Crippen molar-refractivity contribution in [2.75, 3.05) is 5.32 Å². The number of carboxylic acids is 1. The predicted octanol–water partition coefficient (Wildman–Crippen LogP) is 3.85. The van der Waals surface area contributed by atoms with Crippen molar-refractivity contribution >= 4 is 22.4 Å². The first-order valence-electron chi connectivity index (χ1n) is 7.64. The van der Waals surface area contributed by atoms with E-state index >= 15 is 0 Å². The molecule has 2 N–H and O–H groups in total. The summed E-state index contributed by atoms with van der Waals surface area (Å²) in [6.45, 7) is 1.58. The lowest BCUT2D eigenvalue weighted by molar-refractivity contribution is -0.137. The average Bonchev–Trinajstić information content (AvgIpc) is 2.59. The third kappa shape index (κ3) is 3.20. The van der Waals surface area contributed by atoms with Crippen molar-refractivity contribution in [2.45, 2.75) is 19.4 Å². The second-order valence-electron chi connectivity index (χ2n) is 5.67. The Kier molecular flexibility index (Phi) is 4.42. The van der Waals surface area contributed by atoms with Crippen molar-refractivity contribution in [2.24, 2.45) is 0 Å². The molecule has 1 heterocycles. The molecule has 0 aliphatic carbocycles. The summed E-state index contributed by atoms with van der Waals surface area (Å²) in [4.78, 5) is 15.2. The van der Waals surface area contributed by atoms with Crippen LogP contribution in [0.2, 0.25) is 0 Å². The van der Waals surface area contributed by atoms with Gasteiger partial charge >= 0.3 is 5.97 Å². The molecule has 0 bridgehead atoms. The maximum atomic E-state index is 14.0. The van der Waals surface area contributed by atoms with Crippen LogP contribution in [0.1, 0.15) is 18.1 Å². The quantitative estimate of drug-likeness (QED) is 0.748. The zero-order valence-electron chi connectivity index (χ0n) is 13.2. The summed E-state index contributed by atoms with van der Waals surface area (Å²) in [5.74, 6) is -1.18. The predicted molar refractivity (Wildman–Crippen MR) is 91.7 cm³/mol. The van der Waals surface area contributed by atoms with Crippen LogP contribution in [0.5, 0.6) is 0 Å². The Labute approximate surface area is 139 Å². The molecule has 0 fully saturated rings. The van der Waals surface area contributed by atoms with Crippen molar-refractivity contribution in [1.29, 1.82) is 0 Å². The van der Waals surface area contributed by atoms with E-state index in [1.165, 1.54) is 6.07 Å². The fraction of sp³-hybridized carbons (Fsp3) is 0.158. The summed E-state index contributed by atoms with van der Waals surface area (Å²) in [7, 11) is 0. The first-order valence-corrected chi connectivity index (χ1v) is 7.64. The SMILES string of the molecule is CC(Nc1ccncc1Cc1ccc(F)c2ccccc12)C(=O)O. The first-order chi connectivity index (χ1) is 11.6. The van der Waals surface area contributed by atoms with Crippen molar-refractivity contribution in [3.05, 3.63) is 71.8 Å². The standard InChI is InChI=1S/C19H17FN2O2/c1-12(19(23)24)22-18-8-9-21-11-14(18)10-13-6-7-17(20)16-5-3-2-4-15(13)16/h2-9,11-12H,10H2,1H3,(H,21,22)(H,23,24). The topological polar surface area (TPSA) is 62.2 Å². The molecule has 0 spiro atoms. The number of carbonyl (C=O) groups is 1. The Hall–Kier alpha value is -2.95. The van der Waals surface area contributed by atoms with Gasteiger partial charge in [0.05, 0.1) is 0 Å². The van der Waals surface area contributed by atoms with Gasteiger partial charge in [-0.25, -0.2) is 4.39 Å². The van der Waals surface area contributed by atoms with Crippen LogP contribution in [-0.4, -0.2) is 22.1 Å². The highest BCUT2D eigenvalue weighted by Crippen LogP contribution is 2.26. The lowest BCUT2D eigenvalue weighted by atomic mass is 9.98. The number of halogens is 1. The number of rotatable bonds is 5. The van der Waals surface area contributed by atoms with Gasteiger partial charge in [-0.05, 0) is 35.6 Å². The molecule has 3 rings (SSSR count). The van der Waals surface area contributed by atoms with Gasteiger partial charge in [0.15, 0.2) is 0 Å². The molecular weight excluding hydrogens is 307 g/mol. The van der Waals surface area contributed by atoms with Crippen molar-refractivity contribution in [3.63, 3.8) is 0 Å². The van der Waals surface area contributed by atoms with Crippen LogP contribution in [0.4, 0.5) is 10.1 Å². The van der Waals surface area contributed by atoms with E-state index in [9.17, 15) is 9.18 Å². The summed E-state index contributed by atoms with van der Waals surface area (Å²) in [5.41, 5.74) is 2.54. The number of hydrogen-bond donors (Lipinski definition) is 2. The molecular formula is C19H17FN2O2. The smallest absolute Gasteiger partial charge is 0.325 e. The molecule has 122 valence electrons. The van der Waals surface area contributed by atoms with Gasteiger partial charge < -0.3 is 10.4 Å². The van der Waals surface area contributed by atoms with Crippen LogP contribution in [0.3, 0.4) is 0 Å². The number of anilines is 1. The van der Waals surface area contributed by atoms with E-state index in [1.807, 2.05) is 12.1 Å². The summed E-state index contributed by atoms with van der Waals surface area (Å²) in [6, 6.07) is 11.6. The molecule has 5 heteroatoms. The van der Waals surface area contributed by atoms with E-state index in [0.717, 1.165) is 16.5 Å². The lowest BCUT2D eigenvalue weighted by Crippen LogP contribution is -2.26. The Bertz CT molecular complexity index is 895. The maximum Gasteiger partial charge on any atom is 0.325 e. The minimum atomic E-state index is -0.926. The molecule has 1 atom stereocenters. The van der Waals surface area contributed by atoms with Gasteiger partial charge in [0.2, 0.25) is 0 Å². The zero-order valence-corrected chi connectivity index (χ0v) is 13.2. The molecule has 1 unspecified atom stereocenters. The van der Waals surface area contributed by atoms with E-state index < -0.39 is 12.0 Å². The number of fused-ring (bicyclic) bond motifs is 1. The second kappa shape index (κ2) is 6.66. The Balaban J connectivity index is 1.98. The number of carboxylic acid groups (broad SMARTS) is 1. The molecule has 1 aromatic heterocycles. The monoisotopic (exact) mass is 324 g/mol. The number of nitrogens with zero attached hydrogens (tertiary/aromatic N) is 1. The number of aromatic nitrogens is 1. The molecule has 24 heavy (non-hydrogen) atoms. The van der Waals surface area contributed by atoms with Crippen LogP contribution in [-0.2, 0) is 11.2 Å². The lowest BCUT2D eigenvalue weighted by Gasteiger charge is -2.15. The van der Waals surface area contributed by atoms with Gasteiger partial charge in [0.25, 0.3) is 0 Å². The molecule has 2 aromatic carbocycles. The van der Waals surface area contributed by atoms with Crippen molar-refractivity contribution in [3.8, 4) is 0 Å². The summed E-state index contributed by atoms with van der Waals surface area (Å²) in [6.07, 6.45) is 3.85. The summed E-state index contributed by atoms with van der Waals surface area (Å²) in [5, 5.41) is 13.5. The molecule has 4 nitrogen and oxygen atoms in total. The third-order valence-electron chi connectivity index (χ3n) is 3.99. The van der Waals surface area contributed by atoms with E-state index in [4.69, 9.17) is 5.11 Å². The first kappa shape index (κ1) is 15.9. The van der Waals surface area contributed by atoms with Gasteiger partial charge in [-0.3, -0.25) is 9.78 Å². The number of pyridine rings is 1. The highest BCUT2D eigenvalue weighted by atomic mass is 19.1. The van der Waals surface area contributed by atoms with Gasteiger partial charge in [-0.2, -0.15) is 0 Å². The highest BCUT2D eigenvalue weighted by molar-refractivity contribution is 5.86. The van der Waals surface area contributed by atoms with Crippen LogP contribution >= 0.6 is 0 Å². The van der Waals surface area contributed by atoms with Crippen molar-refractivity contribution < 1.29 is 14.3 Å². The minimum Gasteiger partial charge on any atom is -0.480 e. The maximum absolute atomic E-state index is 14.0. The molecule has 3 aromatic rings. The zero-order chi connectivity index (χ0) is 17.1. The van der Waals surface area contributed by atoms with Gasteiger partial charge in [0, 0.05) is 29.9 Å². The van der Waals surface area contributed by atoms with E-state index in [0.29, 0.717) is 17.5 Å². The third-order valence-corrected chi connectivity index (χ3v) is 3.99. The Morgan fingerprint density at radius 1 is 1.17 bits per heavy atom. The molecule has 0 aliphatic rings. The highest BCUT2D eigenvalue weighted by Gasteiger charge is 2.14. The Morgan fingerprint density at radius 3 is 2.67 bits per heavy atom. The summed E-state index contributed by atoms with van der Waals surface area (Å²) >= 11 is 0. The fourth-order valence-corrected chi connectivity index (χ4v) is 2.69. The van der Waals surface area contributed by atoms with Gasteiger partial charge in [-0.1, -0.05) is 30.3 Å². The van der Waals surface area contributed by atoms with Crippen LogP contribution < -0.4 is 5.32 Å². The molecule has 0 radical (unpaired) electrons. The van der Waals surface area contributed by atoms with Gasteiger partial charge in [0.1, 0.15) is 11.9 Å². The number of benzene rings is 2. The van der Waals surface area contributed by atoms with Gasteiger partial charge in [-0.15, -0.1) is 0 Å². The van der Waals surface area contributed by atoms with Crippen LogP contribution in [0, 0.1) is 5.82 Å². The molecule has 0 saturated carbocycles. The van der Waals surface area contributed by atoms with E-state index in [2.05, 4.69) is 10.3 Å². The second-order valence-corrected chi connectivity index (χ2v) is 5.67. The largest absolute Gasteiger partial charge is 0.480 e. The molecule has 0 amide bonds. The average molecular weight is 324 g/mol. The van der Waals surface area contributed by atoms with E-state index in [1.54, 1.807) is 43.6 Å². The normalized spacial score (nSPS) is 12.1. The van der Waals surface area contributed by atoms with Crippen molar-refractivity contribution in [1.82, 2.24) is 4.98 Å². The number of hydrogen-bond acceptors (Lipinski definition) is 3. The minimum absolute atomic E-state index is 0.251. The summed E-state index contributed by atoms with van der Waals surface area (Å²) < 4.78 is 14.0. The number of nitrogens with one attached hydrogen (secondary N) is 1. The van der Waals surface area contributed by atoms with E-state index in [-0.39, 0.29) is 5.82 Å². The number of aliphatic carboxylic acids is 1. The fourth-order valence-electron chi connectivity index (χ4n) is 2.69. The molecule has 0 saturated heterocycles. The Morgan fingerprint density at radius 2 is 1.92 bits per heavy atom. The molecule has 0 aliphatic heterocycles.